The minimum absolute atomic E-state index is 0.166. The number of carboxylic acids is 2. The van der Waals surface area contributed by atoms with Crippen molar-refractivity contribution in [3.8, 4) is 5.69 Å². The van der Waals surface area contributed by atoms with Crippen molar-refractivity contribution in [3.05, 3.63) is 83.7 Å². The van der Waals surface area contributed by atoms with Crippen LogP contribution in [0.25, 0.3) is 5.69 Å². The van der Waals surface area contributed by atoms with E-state index in [2.05, 4.69) is 4.99 Å². The Balaban J connectivity index is 1.92. The van der Waals surface area contributed by atoms with Crippen LogP contribution in [0.4, 0.5) is 5.69 Å². The Morgan fingerprint density at radius 1 is 0.880 bits per heavy atom. The highest BCUT2D eigenvalue weighted by Crippen LogP contribution is 2.17. The van der Waals surface area contributed by atoms with Crippen molar-refractivity contribution in [1.29, 1.82) is 0 Å². The van der Waals surface area contributed by atoms with Gasteiger partial charge >= 0.3 is 11.9 Å². The minimum atomic E-state index is -1.01. The third kappa shape index (κ3) is 3.64. The lowest BCUT2D eigenvalue weighted by Gasteiger charge is -2.07. The van der Waals surface area contributed by atoms with Gasteiger partial charge in [-0.2, -0.15) is 0 Å². The van der Waals surface area contributed by atoms with Gasteiger partial charge in [0.15, 0.2) is 0 Å². The van der Waals surface area contributed by atoms with Crippen LogP contribution in [0.15, 0.2) is 71.9 Å². The summed E-state index contributed by atoms with van der Waals surface area (Å²) in [4.78, 5) is 26.4. The molecule has 0 saturated carbocycles. The number of nitrogens with zero attached hydrogens (tertiary/aromatic N) is 2. The Kier molecular flexibility index (Phi) is 4.43. The van der Waals surface area contributed by atoms with Gasteiger partial charge in [0.1, 0.15) is 0 Å². The first kappa shape index (κ1) is 16.2. The summed E-state index contributed by atoms with van der Waals surface area (Å²) in [6.45, 7) is 0. The summed E-state index contributed by atoms with van der Waals surface area (Å²) in [7, 11) is 0. The van der Waals surface area contributed by atoms with E-state index < -0.39 is 11.9 Å². The number of rotatable bonds is 5. The SMILES string of the molecule is O=C(O)c1cccc(N=Cc2cccn2-c2cccc(C(=O)O)c2)c1. The summed E-state index contributed by atoms with van der Waals surface area (Å²) in [6, 6.07) is 16.6. The van der Waals surface area contributed by atoms with Gasteiger partial charge in [-0.1, -0.05) is 12.1 Å². The second-order valence-corrected chi connectivity index (χ2v) is 5.27. The van der Waals surface area contributed by atoms with E-state index in [-0.39, 0.29) is 11.1 Å². The highest BCUT2D eigenvalue weighted by atomic mass is 16.4. The summed E-state index contributed by atoms with van der Waals surface area (Å²) >= 11 is 0. The van der Waals surface area contributed by atoms with Gasteiger partial charge in [0.2, 0.25) is 0 Å². The average Bonchev–Trinajstić information content (AvgIpc) is 3.09. The molecule has 3 aromatic rings. The zero-order chi connectivity index (χ0) is 17.8. The molecule has 0 radical (unpaired) electrons. The second-order valence-electron chi connectivity index (χ2n) is 5.27. The molecule has 3 rings (SSSR count). The van der Waals surface area contributed by atoms with E-state index in [1.807, 2.05) is 12.1 Å². The number of aliphatic imine (C=N–C) groups is 1. The van der Waals surface area contributed by atoms with E-state index in [1.54, 1.807) is 47.3 Å². The predicted octanol–water partition coefficient (Wildman–Crippen LogP) is 3.62. The van der Waals surface area contributed by atoms with E-state index in [9.17, 15) is 9.59 Å². The minimum Gasteiger partial charge on any atom is -0.478 e. The monoisotopic (exact) mass is 334 g/mol. The molecule has 124 valence electrons. The largest absolute Gasteiger partial charge is 0.478 e. The van der Waals surface area contributed by atoms with Crippen LogP contribution in [0, 0.1) is 0 Å². The molecule has 1 heterocycles. The van der Waals surface area contributed by atoms with Gasteiger partial charge in [0.25, 0.3) is 0 Å². The molecule has 0 fully saturated rings. The number of hydrogen-bond acceptors (Lipinski definition) is 3. The first-order chi connectivity index (χ1) is 12.0. The van der Waals surface area contributed by atoms with Crippen LogP contribution in [0.5, 0.6) is 0 Å². The molecule has 0 amide bonds. The highest BCUT2D eigenvalue weighted by Gasteiger charge is 2.07. The Bertz CT molecular complexity index is 973. The molecular formula is C19H14N2O4. The lowest BCUT2D eigenvalue weighted by molar-refractivity contribution is 0.0686. The molecule has 6 heteroatoms. The van der Waals surface area contributed by atoms with Crippen LogP contribution in [-0.2, 0) is 0 Å². The fourth-order valence-electron chi connectivity index (χ4n) is 2.38. The maximum absolute atomic E-state index is 11.1. The molecule has 0 saturated heterocycles. The van der Waals surface area contributed by atoms with Crippen LogP contribution >= 0.6 is 0 Å². The van der Waals surface area contributed by atoms with E-state index in [4.69, 9.17) is 10.2 Å². The molecular weight excluding hydrogens is 320 g/mol. The molecule has 0 aliphatic carbocycles. The predicted molar refractivity (Wildman–Crippen MR) is 93.4 cm³/mol. The van der Waals surface area contributed by atoms with Crippen LogP contribution < -0.4 is 0 Å². The number of aromatic nitrogens is 1. The van der Waals surface area contributed by atoms with E-state index >= 15 is 0 Å². The Hall–Kier alpha value is -3.67. The molecule has 6 nitrogen and oxygen atoms in total. The number of carbonyl (C=O) groups is 2. The van der Waals surface area contributed by atoms with Gasteiger partial charge in [-0.3, -0.25) is 4.99 Å². The summed E-state index contributed by atoms with van der Waals surface area (Å²) in [5.74, 6) is -2.00. The van der Waals surface area contributed by atoms with Crippen molar-refractivity contribution >= 4 is 23.8 Å². The van der Waals surface area contributed by atoms with Crippen molar-refractivity contribution in [2.75, 3.05) is 0 Å². The average molecular weight is 334 g/mol. The van der Waals surface area contributed by atoms with Gasteiger partial charge in [0.05, 0.1) is 28.7 Å². The van der Waals surface area contributed by atoms with Gasteiger partial charge in [-0.15, -0.1) is 0 Å². The normalized spacial score (nSPS) is 10.9. The number of aromatic carboxylic acids is 2. The zero-order valence-corrected chi connectivity index (χ0v) is 13.0. The third-order valence-corrected chi connectivity index (χ3v) is 3.59. The number of hydrogen-bond donors (Lipinski definition) is 2. The quantitative estimate of drug-likeness (QED) is 0.697. The lowest BCUT2D eigenvalue weighted by atomic mass is 10.2. The van der Waals surface area contributed by atoms with Gasteiger partial charge in [-0.25, -0.2) is 9.59 Å². The highest BCUT2D eigenvalue weighted by molar-refractivity contribution is 5.90. The Morgan fingerprint density at radius 2 is 1.56 bits per heavy atom. The van der Waals surface area contributed by atoms with Crippen LogP contribution in [-0.4, -0.2) is 32.9 Å². The topological polar surface area (TPSA) is 91.9 Å². The van der Waals surface area contributed by atoms with E-state index in [0.29, 0.717) is 11.4 Å². The maximum atomic E-state index is 11.1. The molecule has 0 spiro atoms. The summed E-state index contributed by atoms with van der Waals surface area (Å²) in [5, 5.41) is 18.1. The van der Waals surface area contributed by atoms with Crippen molar-refractivity contribution in [3.63, 3.8) is 0 Å². The molecule has 1 aromatic heterocycles. The molecule has 0 atom stereocenters. The van der Waals surface area contributed by atoms with Crippen LogP contribution in [0.2, 0.25) is 0 Å². The van der Waals surface area contributed by atoms with Crippen molar-refractivity contribution < 1.29 is 19.8 Å². The molecule has 0 aliphatic rings. The molecule has 25 heavy (non-hydrogen) atoms. The van der Waals surface area contributed by atoms with Gasteiger partial charge in [0, 0.05) is 11.9 Å². The van der Waals surface area contributed by atoms with Crippen LogP contribution in [0.1, 0.15) is 26.4 Å². The first-order valence-corrected chi connectivity index (χ1v) is 7.43. The summed E-state index contributed by atoms with van der Waals surface area (Å²) < 4.78 is 1.80. The third-order valence-electron chi connectivity index (χ3n) is 3.59. The van der Waals surface area contributed by atoms with Gasteiger partial charge < -0.3 is 14.8 Å². The van der Waals surface area contributed by atoms with Crippen molar-refractivity contribution in [1.82, 2.24) is 4.57 Å². The first-order valence-electron chi connectivity index (χ1n) is 7.43. The van der Waals surface area contributed by atoms with Gasteiger partial charge in [-0.05, 0) is 48.5 Å². The Labute approximate surface area is 143 Å². The summed E-state index contributed by atoms with van der Waals surface area (Å²) in [6.07, 6.45) is 3.41. The molecule has 2 N–H and O–H groups in total. The fraction of sp³-hybridized carbons (Fsp3) is 0. The molecule has 0 bridgehead atoms. The van der Waals surface area contributed by atoms with Crippen molar-refractivity contribution in [2.45, 2.75) is 0 Å². The zero-order valence-electron chi connectivity index (χ0n) is 13.0. The van der Waals surface area contributed by atoms with Crippen molar-refractivity contribution in [2.24, 2.45) is 4.99 Å². The van der Waals surface area contributed by atoms with E-state index in [1.165, 1.54) is 18.2 Å². The molecule has 0 unspecified atom stereocenters. The standard InChI is InChI=1S/C19H14N2O4/c22-18(23)13-4-1-6-15(10-13)20-12-17-8-3-9-21(17)16-7-2-5-14(11-16)19(24)25/h1-12H,(H,22,23)(H,24,25). The fourth-order valence-corrected chi connectivity index (χ4v) is 2.38. The maximum Gasteiger partial charge on any atom is 0.335 e. The van der Waals surface area contributed by atoms with E-state index in [0.717, 1.165) is 5.69 Å². The second kappa shape index (κ2) is 6.84. The number of carboxylic acid groups (broad SMARTS) is 2. The van der Waals surface area contributed by atoms with Crippen LogP contribution in [0.3, 0.4) is 0 Å². The molecule has 0 aliphatic heterocycles. The number of benzene rings is 2. The Morgan fingerprint density at radius 3 is 2.28 bits per heavy atom. The summed E-state index contributed by atoms with van der Waals surface area (Å²) in [5.41, 5.74) is 2.32. The smallest absolute Gasteiger partial charge is 0.335 e. The lowest BCUT2D eigenvalue weighted by Crippen LogP contribution is -2.01. The molecule has 2 aromatic carbocycles.